The second-order valence-corrected chi connectivity index (χ2v) is 5.51. The summed E-state index contributed by atoms with van der Waals surface area (Å²) in [6, 6.07) is 3.62. The van der Waals surface area contributed by atoms with Crippen molar-refractivity contribution in [2.24, 2.45) is 0 Å². The third kappa shape index (κ3) is 3.45. The van der Waals surface area contributed by atoms with Gasteiger partial charge in [-0.25, -0.2) is 0 Å². The number of phenolic OH excluding ortho intramolecular Hbond substituents is 1. The first-order valence-electron chi connectivity index (χ1n) is 7.53. The summed E-state index contributed by atoms with van der Waals surface area (Å²) in [5.74, 6) is -1.62. The van der Waals surface area contributed by atoms with Crippen LogP contribution >= 0.6 is 0 Å². The lowest BCUT2D eigenvalue weighted by molar-refractivity contribution is -0.144. The fourth-order valence-electron chi connectivity index (χ4n) is 2.82. The number of carbonyl (C=O) groups is 2. The molecule has 8 nitrogen and oxygen atoms in total. The van der Waals surface area contributed by atoms with Gasteiger partial charge in [0.15, 0.2) is 29.3 Å². The van der Waals surface area contributed by atoms with Gasteiger partial charge in [-0.2, -0.15) is 0 Å². The van der Waals surface area contributed by atoms with Crippen molar-refractivity contribution in [1.29, 1.82) is 0 Å². The molecule has 0 saturated carbocycles. The molecule has 2 rings (SSSR count). The van der Waals surface area contributed by atoms with Crippen molar-refractivity contribution in [3.63, 3.8) is 0 Å². The third-order valence-corrected chi connectivity index (χ3v) is 4.07. The second kappa shape index (κ2) is 7.54. The molecule has 0 bridgehead atoms. The Labute approximate surface area is 145 Å². The third-order valence-electron chi connectivity index (χ3n) is 4.07. The highest BCUT2D eigenvalue weighted by atomic mass is 16.7. The molecule has 1 aromatic carbocycles. The summed E-state index contributed by atoms with van der Waals surface area (Å²) in [7, 11) is 4.24. The molecule has 1 aliphatic heterocycles. The van der Waals surface area contributed by atoms with Crippen molar-refractivity contribution in [1.82, 2.24) is 4.90 Å². The zero-order valence-electron chi connectivity index (χ0n) is 14.5. The van der Waals surface area contributed by atoms with E-state index in [0.717, 1.165) is 0 Å². The average molecular weight is 351 g/mol. The Hall–Kier alpha value is -2.58. The minimum Gasteiger partial charge on any atom is -0.504 e. The Morgan fingerprint density at radius 1 is 1.24 bits per heavy atom. The molecule has 8 heteroatoms. The van der Waals surface area contributed by atoms with Gasteiger partial charge in [-0.1, -0.05) is 6.07 Å². The normalized spacial score (nSPS) is 17.6. The number of phenols is 1. The molecule has 0 saturated heterocycles. The van der Waals surface area contributed by atoms with Gasteiger partial charge in [0.2, 0.25) is 0 Å². The van der Waals surface area contributed by atoms with Gasteiger partial charge in [-0.15, -0.1) is 0 Å². The lowest BCUT2D eigenvalue weighted by Crippen LogP contribution is -2.38. The van der Waals surface area contributed by atoms with Gasteiger partial charge in [0.05, 0.1) is 25.3 Å². The maximum Gasteiger partial charge on any atom is 0.290 e. The van der Waals surface area contributed by atoms with E-state index >= 15 is 0 Å². The smallest absolute Gasteiger partial charge is 0.290 e. The number of ketones is 1. The maximum absolute atomic E-state index is 12.5. The van der Waals surface area contributed by atoms with Crippen LogP contribution in [-0.2, 0) is 19.1 Å². The summed E-state index contributed by atoms with van der Waals surface area (Å²) >= 11 is 0. The fraction of sp³-hybridized carbons (Fsp3) is 0.412. The number of hydrogen-bond acceptors (Lipinski definition) is 7. The number of Topliss-reactive ketones (excluding diaryl/α,β-unsaturated/α-hetero) is 1. The Kier molecular flexibility index (Phi) is 5.66. The van der Waals surface area contributed by atoms with E-state index in [1.54, 1.807) is 6.07 Å². The van der Waals surface area contributed by atoms with Gasteiger partial charge >= 0.3 is 0 Å². The molecule has 1 amide bonds. The summed E-state index contributed by atoms with van der Waals surface area (Å²) in [5, 5.41) is 19.9. The molecular formula is C17H21NO7. The van der Waals surface area contributed by atoms with Crippen LogP contribution in [0, 0.1) is 0 Å². The number of benzene rings is 1. The number of nitrogens with zero attached hydrogens (tertiary/aromatic N) is 1. The highest BCUT2D eigenvalue weighted by Gasteiger charge is 2.43. The van der Waals surface area contributed by atoms with Crippen molar-refractivity contribution < 1.29 is 34.0 Å². The van der Waals surface area contributed by atoms with Crippen LogP contribution in [0.5, 0.6) is 11.5 Å². The highest BCUT2D eigenvalue weighted by Crippen LogP contribution is 2.40. The van der Waals surface area contributed by atoms with E-state index in [1.165, 1.54) is 45.3 Å². The molecule has 0 aliphatic carbocycles. The first kappa shape index (κ1) is 18.8. The first-order chi connectivity index (χ1) is 11.8. The molecule has 2 N–H and O–H groups in total. The van der Waals surface area contributed by atoms with E-state index in [2.05, 4.69) is 0 Å². The summed E-state index contributed by atoms with van der Waals surface area (Å²) in [6.07, 6.45) is -0.732. The van der Waals surface area contributed by atoms with E-state index < -0.39 is 29.8 Å². The number of aliphatic hydroxyl groups is 1. The van der Waals surface area contributed by atoms with Crippen molar-refractivity contribution in [3.8, 4) is 11.5 Å². The van der Waals surface area contributed by atoms with Crippen LogP contribution in [0.15, 0.2) is 29.5 Å². The minimum absolute atomic E-state index is 0.000528. The van der Waals surface area contributed by atoms with E-state index in [1.807, 2.05) is 0 Å². The van der Waals surface area contributed by atoms with Gasteiger partial charge in [0, 0.05) is 14.2 Å². The Balaban J connectivity index is 2.53. The number of hydrogen-bond donors (Lipinski definition) is 2. The molecule has 1 heterocycles. The molecule has 136 valence electrons. The number of amides is 1. The molecule has 0 radical (unpaired) electrons. The Bertz CT molecular complexity index is 709. The van der Waals surface area contributed by atoms with Crippen LogP contribution in [-0.4, -0.2) is 61.0 Å². The molecule has 0 unspecified atom stereocenters. The number of aromatic hydroxyl groups is 1. The highest BCUT2D eigenvalue weighted by molar-refractivity contribution is 6.08. The van der Waals surface area contributed by atoms with Crippen molar-refractivity contribution >= 4 is 11.7 Å². The number of aliphatic hydroxyl groups excluding tert-OH is 1. The zero-order valence-corrected chi connectivity index (χ0v) is 14.5. The van der Waals surface area contributed by atoms with Crippen LogP contribution in [0.2, 0.25) is 0 Å². The van der Waals surface area contributed by atoms with Gasteiger partial charge in [0.25, 0.3) is 5.91 Å². The second-order valence-electron chi connectivity index (χ2n) is 5.51. The SMILES string of the molecule is COc1cc([C@@H]2C(C(C)=O)=C(O)C(=O)N2CC(OC)OC)ccc1O. The molecule has 0 aromatic heterocycles. The van der Waals surface area contributed by atoms with Crippen molar-refractivity contribution in [2.45, 2.75) is 19.3 Å². The molecule has 25 heavy (non-hydrogen) atoms. The van der Waals surface area contributed by atoms with Crippen LogP contribution < -0.4 is 4.74 Å². The summed E-state index contributed by atoms with van der Waals surface area (Å²) in [6.45, 7) is 1.28. The largest absolute Gasteiger partial charge is 0.504 e. The summed E-state index contributed by atoms with van der Waals surface area (Å²) in [4.78, 5) is 25.8. The van der Waals surface area contributed by atoms with Gasteiger partial charge < -0.3 is 29.3 Å². The molecule has 1 aromatic rings. The number of carbonyl (C=O) groups excluding carboxylic acids is 2. The monoisotopic (exact) mass is 351 g/mol. The van der Waals surface area contributed by atoms with Crippen LogP contribution in [0.25, 0.3) is 0 Å². The van der Waals surface area contributed by atoms with E-state index in [9.17, 15) is 19.8 Å². The molecule has 1 atom stereocenters. The predicted octanol–water partition coefficient (Wildman–Crippen LogP) is 1.30. The summed E-state index contributed by atoms with van der Waals surface area (Å²) in [5.41, 5.74) is 0.479. The van der Waals surface area contributed by atoms with Crippen molar-refractivity contribution in [3.05, 3.63) is 35.1 Å². The Morgan fingerprint density at radius 2 is 1.88 bits per heavy atom. The number of rotatable bonds is 7. The van der Waals surface area contributed by atoms with Gasteiger partial charge in [-0.05, 0) is 24.6 Å². The van der Waals surface area contributed by atoms with E-state index in [-0.39, 0.29) is 23.6 Å². The summed E-state index contributed by atoms with van der Waals surface area (Å²) < 4.78 is 15.3. The molecule has 0 fully saturated rings. The fourth-order valence-corrected chi connectivity index (χ4v) is 2.82. The lowest BCUT2D eigenvalue weighted by atomic mass is 9.96. The lowest BCUT2D eigenvalue weighted by Gasteiger charge is -2.29. The van der Waals surface area contributed by atoms with E-state index in [4.69, 9.17) is 14.2 Å². The van der Waals surface area contributed by atoms with Crippen LogP contribution in [0.1, 0.15) is 18.5 Å². The number of methoxy groups -OCH3 is 3. The first-order valence-corrected chi connectivity index (χ1v) is 7.53. The van der Waals surface area contributed by atoms with Crippen LogP contribution in [0.4, 0.5) is 0 Å². The molecule has 0 spiro atoms. The number of ether oxygens (including phenoxy) is 3. The van der Waals surface area contributed by atoms with E-state index in [0.29, 0.717) is 5.56 Å². The maximum atomic E-state index is 12.5. The standard InChI is InChI=1S/C17H21NO7/c1-9(19)14-15(10-5-6-11(20)12(7-10)23-2)18(17(22)16(14)21)8-13(24-3)25-4/h5-7,13,15,20-21H,8H2,1-4H3/t15-/m1/s1. The average Bonchev–Trinajstić information content (AvgIpc) is 2.84. The van der Waals surface area contributed by atoms with Crippen LogP contribution in [0.3, 0.4) is 0 Å². The van der Waals surface area contributed by atoms with Crippen molar-refractivity contribution in [2.75, 3.05) is 27.9 Å². The molecule has 1 aliphatic rings. The quantitative estimate of drug-likeness (QED) is 0.713. The minimum atomic E-state index is -0.840. The van der Waals surface area contributed by atoms with Gasteiger partial charge in [-0.3, -0.25) is 9.59 Å². The predicted molar refractivity (Wildman–Crippen MR) is 87.3 cm³/mol. The topological polar surface area (TPSA) is 106 Å². The molecular weight excluding hydrogens is 330 g/mol. The van der Waals surface area contributed by atoms with Gasteiger partial charge in [0.1, 0.15) is 0 Å². The zero-order chi connectivity index (χ0) is 18.7. The Morgan fingerprint density at radius 3 is 2.40 bits per heavy atom.